The van der Waals surface area contributed by atoms with E-state index in [0.717, 1.165) is 0 Å². The van der Waals surface area contributed by atoms with Crippen molar-refractivity contribution in [2.45, 2.75) is 31.6 Å². The first-order chi connectivity index (χ1) is 9.17. The summed E-state index contributed by atoms with van der Waals surface area (Å²) in [5, 5.41) is 3.35. The molecule has 0 amide bonds. The van der Waals surface area contributed by atoms with Crippen LogP contribution < -0.4 is 10.4 Å². The maximum absolute atomic E-state index is 2.63. The van der Waals surface area contributed by atoms with E-state index in [0.29, 0.717) is 0 Å². The molecule has 0 aromatic heterocycles. The summed E-state index contributed by atoms with van der Waals surface area (Å²) in [6.07, 6.45) is 1.44. The largest absolute Gasteiger partial charge is 0.110 e. The topological polar surface area (TPSA) is 0 Å². The Morgan fingerprint density at radius 2 is 1.16 bits per heavy atom. The highest BCUT2D eigenvalue weighted by Crippen LogP contribution is 2.37. The van der Waals surface area contributed by atoms with E-state index in [9.17, 15) is 0 Å². The molecule has 3 rings (SSSR count). The van der Waals surface area contributed by atoms with Crippen molar-refractivity contribution in [3.05, 3.63) is 60.7 Å². The van der Waals surface area contributed by atoms with Crippen LogP contribution in [0.1, 0.15) is 6.42 Å². The van der Waals surface area contributed by atoms with Gasteiger partial charge in [0.25, 0.3) is 0 Å². The van der Waals surface area contributed by atoms with E-state index in [1.807, 2.05) is 0 Å². The zero-order chi connectivity index (χ0) is 13.3. The molecular weight excluding hydrogens is 260 g/mol. The molecule has 19 heavy (non-hydrogen) atoms. The van der Waals surface area contributed by atoms with Crippen LogP contribution >= 0.6 is 0 Å². The van der Waals surface area contributed by atoms with Gasteiger partial charge in [-0.2, -0.15) is 0 Å². The smallest absolute Gasteiger partial charge is 0.0707 e. The Balaban J connectivity index is 2.23. The molecule has 1 saturated heterocycles. The number of hydrogen-bond donors (Lipinski definition) is 0. The second kappa shape index (κ2) is 4.76. The Hall–Kier alpha value is -1.13. The average molecular weight is 283 g/mol. The molecular formula is C17H22Si2. The van der Waals surface area contributed by atoms with Gasteiger partial charge in [0.15, 0.2) is 0 Å². The standard InChI is InChI=1S/C17H22Si2/c1-18(2)14-9-15-19(18,16-10-5-3-6-11-16)17-12-7-4-8-13-17/h3-8,10-13H,9,14-15H2,1-2H3. The van der Waals surface area contributed by atoms with Gasteiger partial charge < -0.3 is 0 Å². The highest BCUT2D eigenvalue weighted by Gasteiger charge is 2.54. The van der Waals surface area contributed by atoms with Gasteiger partial charge in [-0.25, -0.2) is 0 Å². The Labute approximate surface area is 118 Å². The summed E-state index contributed by atoms with van der Waals surface area (Å²) in [6, 6.07) is 25.8. The van der Waals surface area contributed by atoms with Crippen LogP contribution in [-0.2, 0) is 0 Å². The van der Waals surface area contributed by atoms with Gasteiger partial charge in [-0.3, -0.25) is 0 Å². The Bertz CT molecular complexity index is 506. The van der Waals surface area contributed by atoms with Crippen LogP contribution in [-0.4, -0.2) is 15.2 Å². The van der Waals surface area contributed by atoms with Gasteiger partial charge in [0.2, 0.25) is 0 Å². The summed E-state index contributed by atoms with van der Waals surface area (Å²) in [6.45, 7) is 5.26. The SMILES string of the molecule is C[Si]1(C)CCC[Si]1(c1ccccc1)c1ccccc1. The number of benzene rings is 2. The monoisotopic (exact) mass is 282 g/mol. The van der Waals surface area contributed by atoms with Crippen LogP contribution in [0.5, 0.6) is 0 Å². The first kappa shape index (κ1) is 12.9. The van der Waals surface area contributed by atoms with E-state index in [1.54, 1.807) is 10.4 Å². The predicted octanol–water partition coefficient (Wildman–Crippen LogP) is 3.44. The van der Waals surface area contributed by atoms with Crippen molar-refractivity contribution in [1.82, 2.24) is 0 Å². The summed E-state index contributed by atoms with van der Waals surface area (Å²) in [4.78, 5) is 0. The Morgan fingerprint density at radius 3 is 1.53 bits per heavy atom. The van der Waals surface area contributed by atoms with Gasteiger partial charge in [0, 0.05) is 0 Å². The third-order valence-electron chi connectivity index (χ3n) is 5.04. The highest BCUT2D eigenvalue weighted by molar-refractivity contribution is 7.52. The summed E-state index contributed by atoms with van der Waals surface area (Å²) >= 11 is 0. The van der Waals surface area contributed by atoms with Crippen LogP contribution in [0.2, 0.25) is 25.2 Å². The molecule has 0 unspecified atom stereocenters. The molecule has 0 spiro atoms. The summed E-state index contributed by atoms with van der Waals surface area (Å²) in [7, 11) is -2.64. The minimum absolute atomic E-state index is 1.16. The molecule has 0 atom stereocenters. The molecule has 2 heteroatoms. The summed E-state index contributed by atoms with van der Waals surface area (Å²) in [5.41, 5.74) is 0. The third kappa shape index (κ3) is 1.94. The van der Waals surface area contributed by atoms with Crippen molar-refractivity contribution < 1.29 is 0 Å². The summed E-state index contributed by atoms with van der Waals surface area (Å²) < 4.78 is 0. The van der Waals surface area contributed by atoms with E-state index >= 15 is 0 Å². The van der Waals surface area contributed by atoms with Crippen LogP contribution in [0.4, 0.5) is 0 Å². The van der Waals surface area contributed by atoms with Gasteiger partial charge >= 0.3 is 0 Å². The molecule has 2 aromatic rings. The molecule has 0 saturated carbocycles. The lowest BCUT2D eigenvalue weighted by Crippen LogP contribution is -2.71. The molecule has 0 aliphatic carbocycles. The lowest BCUT2D eigenvalue weighted by atomic mass is 10.4. The molecule has 0 nitrogen and oxygen atoms in total. The van der Waals surface area contributed by atoms with Gasteiger partial charge in [-0.1, -0.05) is 103 Å². The van der Waals surface area contributed by atoms with E-state index in [1.165, 1.54) is 18.5 Å². The Morgan fingerprint density at radius 1 is 0.684 bits per heavy atom. The molecule has 0 bridgehead atoms. The molecule has 1 fully saturated rings. The van der Waals surface area contributed by atoms with E-state index in [-0.39, 0.29) is 0 Å². The second-order valence-corrected chi connectivity index (χ2v) is 20.7. The number of hydrogen-bond acceptors (Lipinski definition) is 0. The van der Waals surface area contributed by atoms with E-state index in [4.69, 9.17) is 0 Å². The maximum atomic E-state index is 2.63. The lowest BCUT2D eigenvalue weighted by Gasteiger charge is -2.39. The third-order valence-corrected chi connectivity index (χ3v) is 22.9. The fraction of sp³-hybridized carbons (Fsp3) is 0.294. The van der Waals surface area contributed by atoms with Crippen LogP contribution in [0.3, 0.4) is 0 Å². The minimum atomic E-state index is -1.47. The van der Waals surface area contributed by atoms with Gasteiger partial charge in [-0.05, 0) is 0 Å². The van der Waals surface area contributed by atoms with Crippen molar-refractivity contribution in [1.29, 1.82) is 0 Å². The van der Waals surface area contributed by atoms with Crippen molar-refractivity contribution in [3.63, 3.8) is 0 Å². The average Bonchev–Trinajstić information content (AvgIpc) is 2.77. The molecule has 98 valence electrons. The van der Waals surface area contributed by atoms with Crippen LogP contribution in [0, 0.1) is 0 Å². The van der Waals surface area contributed by atoms with Crippen molar-refractivity contribution >= 4 is 25.6 Å². The number of rotatable bonds is 2. The van der Waals surface area contributed by atoms with E-state index < -0.39 is 15.2 Å². The zero-order valence-corrected chi connectivity index (χ0v) is 13.9. The molecule has 2 aromatic carbocycles. The Kier molecular flexibility index (Phi) is 3.23. The van der Waals surface area contributed by atoms with Crippen LogP contribution in [0.15, 0.2) is 60.7 Å². The van der Waals surface area contributed by atoms with Gasteiger partial charge in [-0.15, -0.1) is 0 Å². The van der Waals surface area contributed by atoms with Gasteiger partial charge in [0.1, 0.15) is 7.59 Å². The van der Waals surface area contributed by atoms with Crippen molar-refractivity contribution in [2.24, 2.45) is 0 Å². The molecule has 0 radical (unpaired) electrons. The highest BCUT2D eigenvalue weighted by atomic mass is 29.3. The molecule has 1 aliphatic heterocycles. The fourth-order valence-electron chi connectivity index (χ4n) is 4.03. The molecule has 1 aliphatic rings. The zero-order valence-electron chi connectivity index (χ0n) is 11.9. The van der Waals surface area contributed by atoms with Crippen LogP contribution in [0.25, 0.3) is 0 Å². The second-order valence-electron chi connectivity index (χ2n) is 6.37. The first-order valence-corrected chi connectivity index (χ1v) is 13.7. The normalized spacial score (nSPS) is 20.3. The summed E-state index contributed by atoms with van der Waals surface area (Å²) in [5.74, 6) is 0. The predicted molar refractivity (Wildman–Crippen MR) is 89.6 cm³/mol. The van der Waals surface area contributed by atoms with Gasteiger partial charge in [0.05, 0.1) is 7.59 Å². The lowest BCUT2D eigenvalue weighted by molar-refractivity contribution is 1.08. The molecule has 0 N–H and O–H groups in total. The minimum Gasteiger partial charge on any atom is -0.0707 e. The molecule has 1 heterocycles. The maximum Gasteiger partial charge on any atom is 0.110 e. The quantitative estimate of drug-likeness (QED) is 0.740. The first-order valence-electron chi connectivity index (χ1n) is 7.28. The fourth-order valence-corrected chi connectivity index (χ4v) is 21.3. The van der Waals surface area contributed by atoms with Crippen molar-refractivity contribution in [3.8, 4) is 0 Å². The van der Waals surface area contributed by atoms with E-state index in [2.05, 4.69) is 73.8 Å². The van der Waals surface area contributed by atoms with Crippen molar-refractivity contribution in [2.75, 3.05) is 0 Å².